The van der Waals surface area contributed by atoms with Gasteiger partial charge in [-0.3, -0.25) is 9.78 Å². The first-order valence-corrected chi connectivity index (χ1v) is 11.4. The molecule has 2 N–H and O–H groups in total. The molecule has 1 saturated heterocycles. The smallest absolute Gasteiger partial charge is 0.250 e. The van der Waals surface area contributed by atoms with Crippen LogP contribution >= 0.6 is 0 Å². The van der Waals surface area contributed by atoms with E-state index >= 15 is 0 Å². The lowest BCUT2D eigenvalue weighted by molar-refractivity contribution is 0.313. The predicted molar refractivity (Wildman–Crippen MR) is 127 cm³/mol. The number of hydrogen-bond donors (Lipinski definition) is 1. The molecule has 4 heterocycles. The van der Waals surface area contributed by atoms with Gasteiger partial charge in [0.1, 0.15) is 11.4 Å². The van der Waals surface area contributed by atoms with Gasteiger partial charge in [0.2, 0.25) is 0 Å². The molecule has 5 rings (SSSR count). The van der Waals surface area contributed by atoms with Gasteiger partial charge in [-0.1, -0.05) is 12.8 Å². The van der Waals surface area contributed by atoms with Crippen LogP contribution in [0.4, 0.5) is 15.9 Å². The lowest BCUT2D eigenvalue weighted by Gasteiger charge is -2.33. The quantitative estimate of drug-likeness (QED) is 0.655. The number of likely N-dealkylation sites (N-methyl/N-ethyl adjacent to an activating group) is 1. The van der Waals surface area contributed by atoms with Crippen LogP contribution < -0.4 is 16.2 Å². The summed E-state index contributed by atoms with van der Waals surface area (Å²) >= 11 is 0. The van der Waals surface area contributed by atoms with Crippen molar-refractivity contribution < 1.29 is 4.39 Å². The van der Waals surface area contributed by atoms with Gasteiger partial charge < -0.3 is 20.1 Å². The van der Waals surface area contributed by atoms with Gasteiger partial charge in [-0.05, 0) is 38.1 Å². The Labute approximate surface area is 191 Å². The second-order valence-electron chi connectivity index (χ2n) is 8.89. The van der Waals surface area contributed by atoms with Crippen molar-refractivity contribution >= 4 is 11.5 Å². The molecule has 9 heteroatoms. The fourth-order valence-electron chi connectivity index (χ4n) is 4.65. The zero-order valence-corrected chi connectivity index (χ0v) is 18.7. The Bertz CT molecular complexity index is 1200. The van der Waals surface area contributed by atoms with Crippen LogP contribution in [0.3, 0.4) is 0 Å². The molecule has 0 aromatic carbocycles. The Morgan fingerprint density at radius 1 is 1.03 bits per heavy atom. The summed E-state index contributed by atoms with van der Waals surface area (Å²) in [6.45, 7) is 3.90. The van der Waals surface area contributed by atoms with E-state index in [1.807, 2.05) is 12.1 Å². The summed E-state index contributed by atoms with van der Waals surface area (Å²) in [5, 5.41) is 0. The van der Waals surface area contributed by atoms with Crippen molar-refractivity contribution in [3.8, 4) is 22.8 Å². The monoisotopic (exact) mass is 449 g/mol. The van der Waals surface area contributed by atoms with Gasteiger partial charge in [-0.15, -0.1) is 0 Å². The van der Waals surface area contributed by atoms with Gasteiger partial charge in [0.05, 0.1) is 11.9 Å². The molecule has 2 aliphatic rings. The van der Waals surface area contributed by atoms with Crippen LogP contribution in [0.5, 0.6) is 0 Å². The van der Waals surface area contributed by atoms with Crippen molar-refractivity contribution in [2.45, 2.75) is 31.7 Å². The van der Waals surface area contributed by atoms with Crippen LogP contribution in [0, 0.1) is 5.82 Å². The summed E-state index contributed by atoms with van der Waals surface area (Å²) in [5.74, 6) is -0.671. The Hall–Kier alpha value is -3.33. The number of aromatic nitrogens is 4. The molecule has 0 atom stereocenters. The summed E-state index contributed by atoms with van der Waals surface area (Å²) in [6, 6.07) is 7.02. The molecular weight excluding hydrogens is 421 g/mol. The van der Waals surface area contributed by atoms with Gasteiger partial charge in [0.25, 0.3) is 5.56 Å². The number of nitrogen functional groups attached to an aromatic ring is 1. The minimum absolute atomic E-state index is 0.0780. The molecule has 0 unspecified atom stereocenters. The summed E-state index contributed by atoms with van der Waals surface area (Å²) in [4.78, 5) is 30.1. The van der Waals surface area contributed by atoms with Crippen LogP contribution in [0.25, 0.3) is 22.8 Å². The normalized spacial score (nSPS) is 17.6. The van der Waals surface area contributed by atoms with Gasteiger partial charge >= 0.3 is 0 Å². The second-order valence-corrected chi connectivity index (χ2v) is 8.89. The largest absolute Gasteiger partial charge is 0.381 e. The van der Waals surface area contributed by atoms with E-state index in [9.17, 15) is 9.18 Å². The van der Waals surface area contributed by atoms with Gasteiger partial charge in [0.15, 0.2) is 17.5 Å². The van der Waals surface area contributed by atoms with E-state index in [1.165, 1.54) is 6.07 Å². The Kier molecular flexibility index (Phi) is 5.80. The molecule has 0 radical (unpaired) electrons. The first kappa shape index (κ1) is 21.5. The third-order valence-electron chi connectivity index (χ3n) is 6.65. The average molecular weight is 450 g/mol. The molecule has 1 aliphatic carbocycles. The molecule has 1 aliphatic heterocycles. The number of rotatable bonds is 4. The number of anilines is 2. The lowest BCUT2D eigenvalue weighted by Crippen LogP contribution is -2.44. The van der Waals surface area contributed by atoms with Crippen LogP contribution in [0.1, 0.15) is 31.7 Å². The minimum Gasteiger partial charge on any atom is -0.381 e. The number of pyridine rings is 2. The summed E-state index contributed by atoms with van der Waals surface area (Å²) in [6.07, 6.45) is 7.58. The maximum Gasteiger partial charge on any atom is 0.250 e. The zero-order chi connectivity index (χ0) is 22.9. The van der Waals surface area contributed by atoms with E-state index < -0.39 is 5.82 Å². The fraction of sp³-hybridized carbons (Fsp3) is 0.417. The van der Waals surface area contributed by atoms with Gasteiger partial charge in [-0.25, -0.2) is 14.4 Å². The highest BCUT2D eigenvalue weighted by molar-refractivity contribution is 5.66. The molecule has 8 nitrogen and oxygen atoms in total. The van der Waals surface area contributed by atoms with E-state index in [4.69, 9.17) is 5.73 Å². The van der Waals surface area contributed by atoms with E-state index in [0.29, 0.717) is 11.3 Å². The van der Waals surface area contributed by atoms with Crippen molar-refractivity contribution in [1.29, 1.82) is 0 Å². The summed E-state index contributed by atoms with van der Waals surface area (Å²) in [7, 11) is 2.12. The van der Waals surface area contributed by atoms with Crippen LogP contribution in [-0.4, -0.2) is 57.6 Å². The third-order valence-corrected chi connectivity index (χ3v) is 6.65. The van der Waals surface area contributed by atoms with E-state index in [-0.39, 0.29) is 28.9 Å². The van der Waals surface area contributed by atoms with E-state index in [0.717, 1.165) is 57.5 Å². The highest BCUT2D eigenvalue weighted by atomic mass is 19.1. The minimum atomic E-state index is -0.690. The average Bonchev–Trinajstić information content (AvgIpc) is 3.37. The molecule has 0 amide bonds. The van der Waals surface area contributed by atoms with Gasteiger partial charge in [-0.2, -0.15) is 0 Å². The number of nitrogens with two attached hydrogens (primary N) is 1. The first-order chi connectivity index (χ1) is 16.0. The molecule has 0 spiro atoms. The molecule has 172 valence electrons. The first-order valence-electron chi connectivity index (χ1n) is 11.4. The number of piperazine rings is 1. The highest BCUT2D eigenvalue weighted by Crippen LogP contribution is 2.31. The standard InChI is InChI=1S/C24H28FN7O/c1-30-10-12-31(13-11-30)18-7-8-19(27-14-18)24-28-22(21(25)23(26)29-24)16-6-9-20(33)32(15-16)17-4-2-3-5-17/h6-9,14-15,17H,2-5,10-13H2,1H3,(H2,26,28,29). The topological polar surface area (TPSA) is 93.2 Å². The number of hydrogen-bond acceptors (Lipinski definition) is 7. The van der Waals surface area contributed by atoms with Crippen LogP contribution in [0.15, 0.2) is 41.5 Å². The Balaban J connectivity index is 1.47. The van der Waals surface area contributed by atoms with Gasteiger partial charge in [0, 0.05) is 50.0 Å². The molecular formula is C24H28FN7O. The molecule has 1 saturated carbocycles. The van der Waals surface area contributed by atoms with Crippen LogP contribution in [-0.2, 0) is 0 Å². The molecule has 3 aromatic rings. The molecule has 2 fully saturated rings. The molecule has 3 aromatic heterocycles. The SMILES string of the molecule is CN1CCN(c2ccc(-c3nc(N)c(F)c(-c4ccc(=O)n(C5CCCC5)c4)n3)nc2)CC1. The molecule has 33 heavy (non-hydrogen) atoms. The maximum atomic E-state index is 15.0. The number of nitrogens with zero attached hydrogens (tertiary/aromatic N) is 6. The van der Waals surface area contributed by atoms with Crippen molar-refractivity contribution in [1.82, 2.24) is 24.4 Å². The van der Waals surface area contributed by atoms with Crippen molar-refractivity contribution in [2.24, 2.45) is 0 Å². The van der Waals surface area contributed by atoms with Crippen molar-refractivity contribution in [3.63, 3.8) is 0 Å². The maximum absolute atomic E-state index is 15.0. The summed E-state index contributed by atoms with van der Waals surface area (Å²) in [5.41, 5.74) is 7.96. The van der Waals surface area contributed by atoms with E-state index in [1.54, 1.807) is 23.0 Å². The Morgan fingerprint density at radius 2 is 1.79 bits per heavy atom. The summed E-state index contributed by atoms with van der Waals surface area (Å²) < 4.78 is 16.7. The lowest BCUT2D eigenvalue weighted by atomic mass is 10.1. The zero-order valence-electron chi connectivity index (χ0n) is 18.7. The third kappa shape index (κ3) is 4.32. The second kappa shape index (κ2) is 8.90. The van der Waals surface area contributed by atoms with Crippen LogP contribution in [0.2, 0.25) is 0 Å². The fourth-order valence-corrected chi connectivity index (χ4v) is 4.65. The highest BCUT2D eigenvalue weighted by Gasteiger charge is 2.21. The predicted octanol–water partition coefficient (Wildman–Crippen LogP) is 2.96. The number of halogens is 1. The van der Waals surface area contributed by atoms with E-state index in [2.05, 4.69) is 31.8 Å². The van der Waals surface area contributed by atoms with Crippen molar-refractivity contribution in [3.05, 3.63) is 52.8 Å². The van der Waals surface area contributed by atoms with Crippen molar-refractivity contribution in [2.75, 3.05) is 43.9 Å². The Morgan fingerprint density at radius 3 is 2.48 bits per heavy atom. The molecule has 0 bridgehead atoms.